The summed E-state index contributed by atoms with van der Waals surface area (Å²) in [6, 6.07) is 13.6. The lowest BCUT2D eigenvalue weighted by Gasteiger charge is -2.10. The predicted molar refractivity (Wildman–Crippen MR) is 98.7 cm³/mol. The largest absolute Gasteiger partial charge is 0.489 e. The predicted octanol–water partition coefficient (Wildman–Crippen LogP) is 3.24. The summed E-state index contributed by atoms with van der Waals surface area (Å²) in [7, 11) is 0. The molecule has 0 unspecified atom stereocenters. The number of nitrogens with zero attached hydrogens (tertiary/aromatic N) is 1. The van der Waals surface area contributed by atoms with Crippen LogP contribution in [-0.4, -0.2) is 43.0 Å². The highest BCUT2D eigenvalue weighted by Crippen LogP contribution is 2.28. The summed E-state index contributed by atoms with van der Waals surface area (Å²) in [6.07, 6.45) is 0. The van der Waals surface area contributed by atoms with E-state index in [2.05, 4.69) is 9.97 Å². The normalized spacial score (nSPS) is 11.1. The van der Waals surface area contributed by atoms with Gasteiger partial charge in [-0.2, -0.15) is 0 Å². The van der Waals surface area contributed by atoms with Crippen molar-refractivity contribution in [3.05, 3.63) is 42.5 Å². The number of hydrogen-bond donors (Lipinski definition) is 2. The molecule has 0 amide bonds. The fourth-order valence-corrected chi connectivity index (χ4v) is 2.49. The molecule has 3 aromatic rings. The number of anilines is 1. The topological polar surface area (TPSA) is 82.4 Å². The molecule has 6 heteroatoms. The second-order valence-corrected chi connectivity index (χ2v) is 5.51. The number of imidazole rings is 1. The van der Waals surface area contributed by atoms with E-state index in [0.29, 0.717) is 44.5 Å². The van der Waals surface area contributed by atoms with Crippen molar-refractivity contribution >= 4 is 16.7 Å². The highest BCUT2D eigenvalue weighted by molar-refractivity contribution is 5.80. The Morgan fingerprint density at radius 3 is 2.60 bits per heavy atom. The molecule has 0 aliphatic heterocycles. The van der Waals surface area contributed by atoms with E-state index >= 15 is 0 Å². The lowest BCUT2D eigenvalue weighted by molar-refractivity contribution is 0.0406. The first-order valence-corrected chi connectivity index (χ1v) is 8.41. The Bertz CT molecular complexity index is 784. The third kappa shape index (κ3) is 4.49. The number of fused-ring (bicyclic) bond motifs is 1. The minimum Gasteiger partial charge on any atom is -0.489 e. The monoisotopic (exact) mass is 341 g/mol. The number of nitrogens with two attached hydrogens (primary N) is 1. The summed E-state index contributed by atoms with van der Waals surface area (Å²) in [5, 5.41) is 0. The Morgan fingerprint density at radius 1 is 1.00 bits per heavy atom. The van der Waals surface area contributed by atoms with Gasteiger partial charge in [0.2, 0.25) is 0 Å². The lowest BCUT2D eigenvalue weighted by Crippen LogP contribution is -2.11. The van der Waals surface area contributed by atoms with Crippen molar-refractivity contribution in [2.75, 3.05) is 38.8 Å². The van der Waals surface area contributed by atoms with Crippen molar-refractivity contribution in [2.45, 2.75) is 6.92 Å². The van der Waals surface area contributed by atoms with Gasteiger partial charge in [-0.3, -0.25) is 0 Å². The molecular weight excluding hydrogens is 318 g/mol. The highest BCUT2D eigenvalue weighted by Gasteiger charge is 2.08. The van der Waals surface area contributed by atoms with Crippen LogP contribution in [-0.2, 0) is 9.47 Å². The molecule has 25 heavy (non-hydrogen) atoms. The molecule has 0 aliphatic rings. The zero-order valence-corrected chi connectivity index (χ0v) is 14.3. The van der Waals surface area contributed by atoms with Gasteiger partial charge in [-0.25, -0.2) is 4.98 Å². The van der Waals surface area contributed by atoms with E-state index in [-0.39, 0.29) is 0 Å². The number of aromatic nitrogens is 2. The van der Waals surface area contributed by atoms with E-state index < -0.39 is 0 Å². The maximum atomic E-state index is 6.11. The van der Waals surface area contributed by atoms with E-state index in [4.69, 9.17) is 19.9 Å². The number of H-pyrrole nitrogens is 1. The molecule has 3 N–H and O–H groups in total. The molecule has 1 aromatic heterocycles. The summed E-state index contributed by atoms with van der Waals surface area (Å²) < 4.78 is 16.3. The van der Waals surface area contributed by atoms with Crippen molar-refractivity contribution in [1.29, 1.82) is 0 Å². The number of benzene rings is 2. The van der Waals surface area contributed by atoms with Crippen molar-refractivity contribution in [3.63, 3.8) is 0 Å². The Labute approximate surface area is 146 Å². The van der Waals surface area contributed by atoms with E-state index in [1.165, 1.54) is 0 Å². The van der Waals surface area contributed by atoms with Crippen LogP contribution < -0.4 is 10.5 Å². The number of ether oxygens (including phenoxy) is 3. The third-order valence-electron chi connectivity index (χ3n) is 3.73. The zero-order chi connectivity index (χ0) is 17.5. The third-order valence-corrected chi connectivity index (χ3v) is 3.73. The molecule has 0 fully saturated rings. The molecule has 6 nitrogen and oxygen atoms in total. The minimum absolute atomic E-state index is 0.445. The van der Waals surface area contributed by atoms with Gasteiger partial charge in [0.1, 0.15) is 18.2 Å². The Hall–Kier alpha value is -2.57. The molecule has 2 aromatic carbocycles. The molecule has 3 rings (SSSR count). The van der Waals surface area contributed by atoms with Crippen LogP contribution >= 0.6 is 0 Å². The van der Waals surface area contributed by atoms with Crippen molar-refractivity contribution in [3.8, 4) is 17.1 Å². The fourth-order valence-electron chi connectivity index (χ4n) is 2.49. The van der Waals surface area contributed by atoms with Crippen molar-refractivity contribution in [2.24, 2.45) is 0 Å². The second-order valence-electron chi connectivity index (χ2n) is 5.51. The first kappa shape index (κ1) is 17.3. The van der Waals surface area contributed by atoms with Crippen LogP contribution in [0.1, 0.15) is 6.92 Å². The molecular formula is C19H23N3O3. The fraction of sp³-hybridized carbons (Fsp3) is 0.316. The van der Waals surface area contributed by atoms with Crippen LogP contribution in [0.3, 0.4) is 0 Å². The molecule has 0 saturated heterocycles. The standard InChI is InChI=1S/C19H23N3O3/c1-2-23-9-10-24-11-12-25-18-8-7-14(13-15(18)20)19-21-16-5-3-4-6-17(16)22-19/h3-8,13H,2,9-12,20H2,1H3,(H,21,22). The van der Waals surface area contributed by atoms with E-state index in [1.807, 2.05) is 49.4 Å². The van der Waals surface area contributed by atoms with Crippen LogP contribution in [0.2, 0.25) is 0 Å². The maximum absolute atomic E-state index is 6.11. The number of rotatable bonds is 9. The first-order chi connectivity index (χ1) is 12.3. The highest BCUT2D eigenvalue weighted by atomic mass is 16.5. The first-order valence-electron chi connectivity index (χ1n) is 8.41. The quantitative estimate of drug-likeness (QED) is 0.461. The van der Waals surface area contributed by atoms with Gasteiger partial charge in [-0.05, 0) is 37.3 Å². The molecule has 132 valence electrons. The minimum atomic E-state index is 0.445. The summed E-state index contributed by atoms with van der Waals surface area (Å²) in [4.78, 5) is 7.88. The number of hydrogen-bond acceptors (Lipinski definition) is 5. The Kier molecular flexibility index (Phi) is 5.87. The van der Waals surface area contributed by atoms with Crippen LogP contribution in [0.15, 0.2) is 42.5 Å². The number of nitrogen functional groups attached to an aromatic ring is 1. The SMILES string of the molecule is CCOCCOCCOc1ccc(-c2nc3ccccc3[nH]2)cc1N. The number of nitrogens with one attached hydrogen (secondary N) is 1. The number of aromatic amines is 1. The van der Waals surface area contributed by atoms with Gasteiger partial charge in [-0.1, -0.05) is 12.1 Å². The van der Waals surface area contributed by atoms with E-state index in [9.17, 15) is 0 Å². The summed E-state index contributed by atoms with van der Waals surface area (Å²) >= 11 is 0. The van der Waals surface area contributed by atoms with Gasteiger partial charge in [0.25, 0.3) is 0 Å². The van der Waals surface area contributed by atoms with Gasteiger partial charge >= 0.3 is 0 Å². The van der Waals surface area contributed by atoms with Gasteiger partial charge in [-0.15, -0.1) is 0 Å². The summed E-state index contributed by atoms with van der Waals surface area (Å²) in [5.41, 5.74) is 9.54. The van der Waals surface area contributed by atoms with Crippen LogP contribution in [0, 0.1) is 0 Å². The molecule has 0 spiro atoms. The van der Waals surface area contributed by atoms with Gasteiger partial charge < -0.3 is 24.9 Å². The Morgan fingerprint density at radius 2 is 1.80 bits per heavy atom. The number of para-hydroxylation sites is 2. The smallest absolute Gasteiger partial charge is 0.142 e. The molecule has 0 radical (unpaired) electrons. The Balaban J connectivity index is 1.57. The maximum Gasteiger partial charge on any atom is 0.142 e. The summed E-state index contributed by atoms with van der Waals surface area (Å²) in [5.74, 6) is 1.44. The van der Waals surface area contributed by atoms with Crippen LogP contribution in [0.25, 0.3) is 22.4 Å². The van der Waals surface area contributed by atoms with E-state index in [0.717, 1.165) is 22.4 Å². The van der Waals surface area contributed by atoms with E-state index in [1.54, 1.807) is 0 Å². The van der Waals surface area contributed by atoms with Gasteiger partial charge in [0.15, 0.2) is 0 Å². The zero-order valence-electron chi connectivity index (χ0n) is 14.3. The molecule has 0 atom stereocenters. The van der Waals surface area contributed by atoms with Gasteiger partial charge in [0.05, 0.1) is 36.5 Å². The molecule has 1 heterocycles. The lowest BCUT2D eigenvalue weighted by atomic mass is 10.2. The van der Waals surface area contributed by atoms with Crippen molar-refractivity contribution in [1.82, 2.24) is 9.97 Å². The molecule has 0 saturated carbocycles. The van der Waals surface area contributed by atoms with Crippen LogP contribution in [0.4, 0.5) is 5.69 Å². The van der Waals surface area contributed by atoms with Crippen molar-refractivity contribution < 1.29 is 14.2 Å². The molecule has 0 bridgehead atoms. The van der Waals surface area contributed by atoms with Gasteiger partial charge in [0, 0.05) is 12.2 Å². The average Bonchev–Trinajstić information content (AvgIpc) is 3.06. The molecule has 0 aliphatic carbocycles. The second kappa shape index (κ2) is 8.50. The van der Waals surface area contributed by atoms with Crippen LogP contribution in [0.5, 0.6) is 5.75 Å². The average molecular weight is 341 g/mol. The summed E-state index contributed by atoms with van der Waals surface area (Å²) in [6.45, 7) is 4.77.